The van der Waals surface area contributed by atoms with Gasteiger partial charge in [-0.2, -0.15) is 0 Å². The summed E-state index contributed by atoms with van der Waals surface area (Å²) in [6.45, 7) is 2.74. The highest BCUT2D eigenvalue weighted by molar-refractivity contribution is 6.02. The number of anilines is 2. The van der Waals surface area contributed by atoms with E-state index in [1.54, 1.807) is 12.1 Å². The van der Waals surface area contributed by atoms with E-state index in [1.165, 1.54) is 5.56 Å². The molecule has 5 nitrogen and oxygen atoms in total. The minimum Gasteiger partial charge on any atom is -0.368 e. The zero-order valence-corrected chi connectivity index (χ0v) is 14.1. The summed E-state index contributed by atoms with van der Waals surface area (Å²) in [7, 11) is 0. The van der Waals surface area contributed by atoms with E-state index < -0.39 is 0 Å². The number of hydrogen-bond acceptors (Lipinski definition) is 4. The first kappa shape index (κ1) is 16.6. The maximum atomic E-state index is 12.2. The number of nitrogens with one attached hydrogen (secondary N) is 2. The second kappa shape index (κ2) is 8.06. The van der Waals surface area contributed by atoms with E-state index in [2.05, 4.69) is 33.0 Å². The van der Waals surface area contributed by atoms with Crippen LogP contribution >= 0.6 is 0 Å². The number of benzene rings is 2. The third kappa shape index (κ3) is 4.88. The summed E-state index contributed by atoms with van der Waals surface area (Å²) in [6, 6.07) is 21.3. The third-order valence-corrected chi connectivity index (χ3v) is 3.74. The van der Waals surface area contributed by atoms with Gasteiger partial charge in [0.1, 0.15) is 5.82 Å². The van der Waals surface area contributed by atoms with E-state index in [9.17, 15) is 4.79 Å². The second-order valence-corrected chi connectivity index (χ2v) is 5.79. The van der Waals surface area contributed by atoms with Gasteiger partial charge in [0.25, 0.3) is 5.91 Å². The normalized spacial score (nSPS) is 10.3. The fourth-order valence-electron chi connectivity index (χ4n) is 2.45. The van der Waals surface area contributed by atoms with Gasteiger partial charge in [0.05, 0.1) is 0 Å². The Morgan fingerprint density at radius 1 is 0.960 bits per heavy atom. The van der Waals surface area contributed by atoms with Crippen molar-refractivity contribution in [2.75, 3.05) is 17.2 Å². The topological polar surface area (TPSA) is 66.9 Å². The predicted octanol–water partition coefficient (Wildman–Crippen LogP) is 3.69. The van der Waals surface area contributed by atoms with Gasteiger partial charge < -0.3 is 10.6 Å². The number of aromatic nitrogens is 2. The number of carbonyl (C=O) groups is 1. The van der Waals surface area contributed by atoms with Crippen LogP contribution in [0.15, 0.2) is 66.7 Å². The molecule has 1 aromatic heterocycles. The maximum Gasteiger partial charge on any atom is 0.276 e. The quantitative estimate of drug-likeness (QED) is 0.722. The SMILES string of the molecule is Cc1cccc(NC(=O)c2ccc(NCCc3ccccc3)nn2)c1. The molecule has 25 heavy (non-hydrogen) atoms. The van der Waals surface area contributed by atoms with Crippen molar-refractivity contribution in [2.45, 2.75) is 13.3 Å². The zero-order valence-electron chi connectivity index (χ0n) is 14.1. The first-order chi connectivity index (χ1) is 12.2. The molecule has 1 heterocycles. The minimum atomic E-state index is -0.270. The predicted molar refractivity (Wildman–Crippen MR) is 99.8 cm³/mol. The third-order valence-electron chi connectivity index (χ3n) is 3.74. The molecule has 2 N–H and O–H groups in total. The van der Waals surface area contributed by atoms with Crippen molar-refractivity contribution in [3.05, 3.63) is 83.6 Å². The smallest absolute Gasteiger partial charge is 0.276 e. The monoisotopic (exact) mass is 332 g/mol. The van der Waals surface area contributed by atoms with Crippen LogP contribution in [0.5, 0.6) is 0 Å². The van der Waals surface area contributed by atoms with Crippen LogP contribution in [0.25, 0.3) is 0 Å². The van der Waals surface area contributed by atoms with Gasteiger partial charge in [-0.05, 0) is 48.7 Å². The Hall–Kier alpha value is -3.21. The Morgan fingerprint density at radius 2 is 1.80 bits per heavy atom. The van der Waals surface area contributed by atoms with Crippen molar-refractivity contribution in [2.24, 2.45) is 0 Å². The summed E-state index contributed by atoms with van der Waals surface area (Å²) in [5, 5.41) is 14.1. The molecule has 0 atom stereocenters. The molecule has 5 heteroatoms. The summed E-state index contributed by atoms with van der Waals surface area (Å²) in [4.78, 5) is 12.2. The van der Waals surface area contributed by atoms with E-state index in [-0.39, 0.29) is 11.6 Å². The van der Waals surface area contributed by atoms with Crippen molar-refractivity contribution in [1.29, 1.82) is 0 Å². The van der Waals surface area contributed by atoms with Gasteiger partial charge in [-0.1, -0.05) is 42.5 Å². The summed E-state index contributed by atoms with van der Waals surface area (Å²) >= 11 is 0. The summed E-state index contributed by atoms with van der Waals surface area (Å²) in [5.41, 5.74) is 3.38. The van der Waals surface area contributed by atoms with Crippen molar-refractivity contribution < 1.29 is 4.79 Å². The van der Waals surface area contributed by atoms with E-state index in [4.69, 9.17) is 0 Å². The van der Waals surface area contributed by atoms with Gasteiger partial charge in [0, 0.05) is 12.2 Å². The molecule has 0 saturated heterocycles. The highest BCUT2D eigenvalue weighted by Gasteiger charge is 2.08. The Bertz CT molecular complexity index is 832. The Balaban J connectivity index is 1.53. The number of amides is 1. The lowest BCUT2D eigenvalue weighted by molar-refractivity contribution is 0.102. The fraction of sp³-hybridized carbons (Fsp3) is 0.150. The first-order valence-electron chi connectivity index (χ1n) is 8.20. The lowest BCUT2D eigenvalue weighted by Crippen LogP contribution is -2.15. The van der Waals surface area contributed by atoms with Crippen LogP contribution in [0.2, 0.25) is 0 Å². The highest BCUT2D eigenvalue weighted by Crippen LogP contribution is 2.11. The fourth-order valence-corrected chi connectivity index (χ4v) is 2.45. The van der Waals surface area contributed by atoms with Gasteiger partial charge in [0.2, 0.25) is 0 Å². The molecule has 0 aliphatic carbocycles. The Kier molecular flexibility index (Phi) is 5.36. The van der Waals surface area contributed by atoms with Crippen molar-refractivity contribution in [3.8, 4) is 0 Å². The summed E-state index contributed by atoms with van der Waals surface area (Å²) < 4.78 is 0. The van der Waals surface area contributed by atoms with Crippen LogP contribution < -0.4 is 10.6 Å². The minimum absolute atomic E-state index is 0.270. The van der Waals surface area contributed by atoms with Crippen molar-refractivity contribution in [3.63, 3.8) is 0 Å². The Morgan fingerprint density at radius 3 is 2.52 bits per heavy atom. The second-order valence-electron chi connectivity index (χ2n) is 5.79. The standard InChI is InChI=1S/C20H20N4O/c1-15-6-5-9-17(14-15)22-20(25)18-10-11-19(24-23-18)21-13-12-16-7-3-2-4-8-16/h2-11,14H,12-13H2,1H3,(H,21,24)(H,22,25). The zero-order chi connectivity index (χ0) is 17.5. The van der Waals surface area contributed by atoms with Crippen molar-refractivity contribution >= 4 is 17.4 Å². The molecule has 0 spiro atoms. The number of hydrogen-bond donors (Lipinski definition) is 2. The molecule has 3 aromatic rings. The van der Waals surface area contributed by atoms with E-state index >= 15 is 0 Å². The molecule has 0 unspecified atom stereocenters. The molecule has 3 rings (SSSR count). The van der Waals surface area contributed by atoms with Gasteiger partial charge in [-0.15, -0.1) is 10.2 Å². The van der Waals surface area contributed by atoms with Crippen LogP contribution in [-0.4, -0.2) is 22.6 Å². The van der Waals surface area contributed by atoms with E-state index in [0.29, 0.717) is 5.82 Å². The van der Waals surface area contributed by atoms with Crippen LogP contribution in [-0.2, 0) is 6.42 Å². The molecule has 0 aliphatic heterocycles. The molecular weight excluding hydrogens is 312 g/mol. The largest absolute Gasteiger partial charge is 0.368 e. The molecule has 0 aliphatic rings. The molecule has 0 saturated carbocycles. The van der Waals surface area contributed by atoms with Gasteiger partial charge in [-0.25, -0.2) is 0 Å². The summed E-state index contributed by atoms with van der Waals surface area (Å²) in [6.07, 6.45) is 0.901. The van der Waals surface area contributed by atoms with Gasteiger partial charge >= 0.3 is 0 Å². The van der Waals surface area contributed by atoms with Crippen LogP contribution in [0.3, 0.4) is 0 Å². The molecule has 2 aromatic carbocycles. The molecular formula is C20H20N4O. The van der Waals surface area contributed by atoms with Crippen LogP contribution in [0.4, 0.5) is 11.5 Å². The molecule has 1 amide bonds. The maximum absolute atomic E-state index is 12.2. The summed E-state index contributed by atoms with van der Waals surface area (Å²) in [5.74, 6) is 0.386. The lowest BCUT2D eigenvalue weighted by atomic mass is 10.1. The molecule has 0 bridgehead atoms. The molecule has 126 valence electrons. The van der Waals surface area contributed by atoms with Crippen LogP contribution in [0.1, 0.15) is 21.6 Å². The highest BCUT2D eigenvalue weighted by atomic mass is 16.1. The first-order valence-corrected chi connectivity index (χ1v) is 8.20. The van der Waals surface area contributed by atoms with E-state index in [1.807, 2.05) is 49.4 Å². The average Bonchev–Trinajstić information content (AvgIpc) is 2.63. The number of carbonyl (C=O) groups excluding carboxylic acids is 1. The Labute approximate surface area is 147 Å². The van der Waals surface area contributed by atoms with Gasteiger partial charge in [0.15, 0.2) is 5.69 Å². The van der Waals surface area contributed by atoms with Crippen molar-refractivity contribution in [1.82, 2.24) is 10.2 Å². The van der Waals surface area contributed by atoms with Gasteiger partial charge in [-0.3, -0.25) is 4.79 Å². The average molecular weight is 332 g/mol. The van der Waals surface area contributed by atoms with Crippen LogP contribution in [0, 0.1) is 6.92 Å². The number of rotatable bonds is 6. The number of nitrogens with zero attached hydrogens (tertiary/aromatic N) is 2. The lowest BCUT2D eigenvalue weighted by Gasteiger charge is -2.07. The van der Waals surface area contributed by atoms with E-state index in [0.717, 1.165) is 24.2 Å². The number of aryl methyl sites for hydroxylation is 1. The molecule has 0 radical (unpaired) electrons. The molecule has 0 fully saturated rings.